The summed E-state index contributed by atoms with van der Waals surface area (Å²) in [4.78, 5) is 16.6. The molecule has 0 aliphatic carbocycles. The van der Waals surface area contributed by atoms with Crippen LogP contribution in [0.2, 0.25) is 0 Å². The minimum absolute atomic E-state index is 0.497. The van der Waals surface area contributed by atoms with Gasteiger partial charge in [-0.3, -0.25) is 4.99 Å². The highest BCUT2D eigenvalue weighted by atomic mass is 16.2. The quantitative estimate of drug-likeness (QED) is 0.470. The van der Waals surface area contributed by atoms with Gasteiger partial charge in [-0.2, -0.15) is 0 Å². The highest BCUT2D eigenvalue weighted by molar-refractivity contribution is 5.81. The van der Waals surface area contributed by atoms with Gasteiger partial charge in [-0.15, -0.1) is 0 Å². The molecule has 0 saturated carbocycles. The van der Waals surface area contributed by atoms with E-state index in [1.165, 1.54) is 0 Å². The van der Waals surface area contributed by atoms with Crippen molar-refractivity contribution >= 4 is 12.0 Å². The van der Waals surface area contributed by atoms with Gasteiger partial charge >= 0.3 is 6.03 Å². The summed E-state index contributed by atoms with van der Waals surface area (Å²) < 4.78 is 0. The van der Waals surface area contributed by atoms with Gasteiger partial charge in [0.1, 0.15) is 0 Å². The van der Waals surface area contributed by atoms with E-state index in [2.05, 4.69) is 15.6 Å². The first kappa shape index (κ1) is 9.63. The number of likely N-dealkylation sites (N-methyl/N-ethyl adjacent to an activating group) is 1. The third kappa shape index (κ3) is 3.18. The molecule has 0 aromatic carbocycles. The number of urea groups is 1. The Kier molecular flexibility index (Phi) is 3.36. The van der Waals surface area contributed by atoms with Gasteiger partial charge in [-0.05, 0) is 0 Å². The Morgan fingerprint density at radius 2 is 2.46 bits per heavy atom. The van der Waals surface area contributed by atoms with Crippen LogP contribution in [0.1, 0.15) is 0 Å². The maximum atomic E-state index is 10.3. The number of aliphatic imine (C=N–C) groups is 1. The van der Waals surface area contributed by atoms with Crippen LogP contribution in [0.4, 0.5) is 4.79 Å². The molecule has 74 valence electrons. The van der Waals surface area contributed by atoms with Gasteiger partial charge in [0, 0.05) is 26.7 Å². The first-order chi connectivity index (χ1) is 6.20. The van der Waals surface area contributed by atoms with Gasteiger partial charge in [0.2, 0.25) is 0 Å². The second kappa shape index (κ2) is 4.54. The third-order valence-corrected chi connectivity index (χ3v) is 1.77. The van der Waals surface area contributed by atoms with E-state index in [1.54, 1.807) is 0 Å². The molecule has 6 nitrogen and oxygen atoms in total. The fourth-order valence-corrected chi connectivity index (χ4v) is 1.08. The van der Waals surface area contributed by atoms with Crippen LogP contribution >= 0.6 is 0 Å². The van der Waals surface area contributed by atoms with Crippen LogP contribution in [0, 0.1) is 0 Å². The van der Waals surface area contributed by atoms with Gasteiger partial charge in [-0.1, -0.05) is 0 Å². The molecule has 1 aliphatic heterocycles. The number of primary amides is 1. The van der Waals surface area contributed by atoms with Crippen LogP contribution in [0.25, 0.3) is 0 Å². The molecule has 2 amide bonds. The van der Waals surface area contributed by atoms with E-state index >= 15 is 0 Å². The van der Waals surface area contributed by atoms with E-state index in [1.807, 2.05) is 11.9 Å². The Hall–Kier alpha value is -1.46. The van der Waals surface area contributed by atoms with Crippen molar-refractivity contribution in [2.45, 2.75) is 0 Å². The monoisotopic (exact) mass is 185 g/mol. The molecule has 4 N–H and O–H groups in total. The smallest absolute Gasteiger partial charge is 0.312 e. The van der Waals surface area contributed by atoms with E-state index in [4.69, 9.17) is 5.73 Å². The number of amides is 2. The van der Waals surface area contributed by atoms with E-state index in [9.17, 15) is 4.79 Å². The Morgan fingerprint density at radius 1 is 1.69 bits per heavy atom. The van der Waals surface area contributed by atoms with Crippen LogP contribution < -0.4 is 16.4 Å². The third-order valence-electron chi connectivity index (χ3n) is 1.77. The first-order valence-corrected chi connectivity index (χ1v) is 4.23. The normalized spacial score (nSPS) is 15.5. The lowest BCUT2D eigenvalue weighted by molar-refractivity contribution is 0.249. The van der Waals surface area contributed by atoms with Gasteiger partial charge in [0.05, 0.1) is 6.54 Å². The van der Waals surface area contributed by atoms with Crippen LogP contribution in [0.3, 0.4) is 0 Å². The summed E-state index contributed by atoms with van der Waals surface area (Å²) in [6.07, 6.45) is 0. The predicted molar refractivity (Wildman–Crippen MR) is 50.5 cm³/mol. The molecule has 0 bridgehead atoms. The predicted octanol–water partition coefficient (Wildman–Crippen LogP) is -1.45. The number of nitrogens with one attached hydrogen (secondary N) is 2. The lowest BCUT2D eigenvalue weighted by Crippen LogP contribution is -2.41. The number of nitrogens with two attached hydrogens (primary N) is 1. The topological polar surface area (TPSA) is 82.8 Å². The zero-order valence-electron chi connectivity index (χ0n) is 7.71. The highest BCUT2D eigenvalue weighted by Crippen LogP contribution is 1.93. The number of guanidine groups is 1. The largest absolute Gasteiger partial charge is 0.354 e. The Labute approximate surface area is 77.2 Å². The van der Waals surface area contributed by atoms with Gasteiger partial charge in [0.15, 0.2) is 5.96 Å². The number of carbonyl (C=O) groups excluding carboxylic acids is 1. The van der Waals surface area contributed by atoms with Gasteiger partial charge in [-0.25, -0.2) is 4.79 Å². The fraction of sp³-hybridized carbons (Fsp3) is 0.714. The Morgan fingerprint density at radius 3 is 3.00 bits per heavy atom. The fourth-order valence-electron chi connectivity index (χ4n) is 1.08. The molecule has 0 spiro atoms. The molecule has 1 aliphatic rings. The number of hydrogen-bond acceptors (Lipinski definition) is 4. The molecule has 0 radical (unpaired) electrons. The maximum absolute atomic E-state index is 10.3. The summed E-state index contributed by atoms with van der Waals surface area (Å²) in [5.74, 6) is 0.881. The van der Waals surface area contributed by atoms with Crippen LogP contribution in [-0.4, -0.2) is 50.1 Å². The second-order valence-corrected chi connectivity index (χ2v) is 2.84. The number of carbonyl (C=O) groups is 1. The Balaban J connectivity index is 2.09. The number of rotatable bonds is 3. The van der Waals surface area contributed by atoms with Crippen molar-refractivity contribution in [2.24, 2.45) is 10.7 Å². The van der Waals surface area contributed by atoms with Crippen molar-refractivity contribution in [1.29, 1.82) is 0 Å². The van der Waals surface area contributed by atoms with Crippen molar-refractivity contribution in [2.75, 3.05) is 33.2 Å². The van der Waals surface area contributed by atoms with E-state index in [0.717, 1.165) is 19.0 Å². The van der Waals surface area contributed by atoms with Crippen molar-refractivity contribution in [1.82, 2.24) is 15.5 Å². The molecule has 0 aromatic heterocycles. The van der Waals surface area contributed by atoms with Crippen LogP contribution in [0.5, 0.6) is 0 Å². The van der Waals surface area contributed by atoms with Crippen LogP contribution in [-0.2, 0) is 0 Å². The highest BCUT2D eigenvalue weighted by Gasteiger charge is 2.10. The second-order valence-electron chi connectivity index (χ2n) is 2.84. The minimum atomic E-state index is -0.497. The van der Waals surface area contributed by atoms with E-state index in [-0.39, 0.29) is 0 Å². The molecule has 0 fully saturated rings. The average molecular weight is 185 g/mol. The van der Waals surface area contributed by atoms with E-state index in [0.29, 0.717) is 13.1 Å². The van der Waals surface area contributed by atoms with E-state index < -0.39 is 6.03 Å². The summed E-state index contributed by atoms with van der Waals surface area (Å²) in [6, 6.07) is -0.497. The summed E-state index contributed by atoms with van der Waals surface area (Å²) in [5, 5.41) is 5.58. The molecule has 13 heavy (non-hydrogen) atoms. The molecule has 1 heterocycles. The number of nitrogens with zero attached hydrogens (tertiary/aromatic N) is 2. The van der Waals surface area contributed by atoms with Crippen LogP contribution in [0.15, 0.2) is 4.99 Å². The molecular formula is C7H15N5O. The minimum Gasteiger partial charge on any atom is -0.354 e. The zero-order valence-corrected chi connectivity index (χ0v) is 7.71. The van der Waals surface area contributed by atoms with Gasteiger partial charge in [0.25, 0.3) is 0 Å². The molecule has 1 rings (SSSR count). The molecule has 0 aromatic rings. The standard InChI is InChI=1S/C7H15N5O/c1-12-5-4-11-7(12)10-3-2-9-6(8)13/h2-5H2,1H3,(H,10,11)(H3,8,9,13). The molecule has 0 atom stereocenters. The van der Waals surface area contributed by atoms with Crippen molar-refractivity contribution in [3.05, 3.63) is 0 Å². The molecule has 0 saturated heterocycles. The zero-order chi connectivity index (χ0) is 9.68. The average Bonchev–Trinajstić information content (AvgIpc) is 2.45. The van der Waals surface area contributed by atoms with Gasteiger partial charge < -0.3 is 21.3 Å². The summed E-state index contributed by atoms with van der Waals surface area (Å²) in [5.41, 5.74) is 4.90. The summed E-state index contributed by atoms with van der Waals surface area (Å²) >= 11 is 0. The SMILES string of the molecule is CN1CCN=C1NCCNC(N)=O. The Bertz CT molecular complexity index is 215. The maximum Gasteiger partial charge on any atom is 0.312 e. The molecular weight excluding hydrogens is 170 g/mol. The lowest BCUT2D eigenvalue weighted by atomic mass is 10.6. The van der Waals surface area contributed by atoms with Crippen molar-refractivity contribution < 1.29 is 4.79 Å². The molecule has 6 heteroatoms. The first-order valence-electron chi connectivity index (χ1n) is 4.23. The van der Waals surface area contributed by atoms with Crippen molar-refractivity contribution in [3.63, 3.8) is 0 Å². The lowest BCUT2D eigenvalue weighted by Gasteiger charge is -2.14. The summed E-state index contributed by atoms with van der Waals surface area (Å²) in [6.45, 7) is 2.95. The number of hydrogen-bond donors (Lipinski definition) is 3. The molecule has 0 unspecified atom stereocenters. The summed E-state index contributed by atoms with van der Waals surface area (Å²) in [7, 11) is 1.97. The van der Waals surface area contributed by atoms with Crippen molar-refractivity contribution in [3.8, 4) is 0 Å².